The average Bonchev–Trinajstić information content (AvgIpc) is 3.25. The van der Waals surface area contributed by atoms with E-state index in [2.05, 4.69) is 42.5 Å². The Morgan fingerprint density at radius 1 is 1.19 bits per heavy atom. The quantitative estimate of drug-likeness (QED) is 0.558. The molecule has 0 fully saturated rings. The summed E-state index contributed by atoms with van der Waals surface area (Å²) < 4.78 is 5.58. The smallest absolute Gasteiger partial charge is 0.259 e. The van der Waals surface area contributed by atoms with Crippen molar-refractivity contribution in [2.45, 2.75) is 33.1 Å². The number of aromatic nitrogens is 3. The first-order valence-electron chi connectivity index (χ1n) is 10.0. The van der Waals surface area contributed by atoms with Crippen molar-refractivity contribution < 1.29 is 4.52 Å². The van der Waals surface area contributed by atoms with Crippen LogP contribution in [0.1, 0.15) is 43.4 Å². The number of hydrogen-bond acceptors (Lipinski definition) is 7. The minimum Gasteiger partial charge on any atom is -0.404 e. The van der Waals surface area contributed by atoms with Crippen LogP contribution in [0.25, 0.3) is 17.0 Å². The molecule has 1 unspecified atom stereocenters. The van der Waals surface area contributed by atoms with Crippen molar-refractivity contribution in [3.8, 4) is 11.5 Å². The van der Waals surface area contributed by atoms with Crippen molar-refractivity contribution in [1.82, 2.24) is 15.1 Å². The molecule has 0 bridgehead atoms. The van der Waals surface area contributed by atoms with Crippen LogP contribution in [0.15, 0.2) is 70.7 Å². The Balaban J connectivity index is 1.96. The maximum atomic E-state index is 5.76. The highest BCUT2D eigenvalue weighted by atomic mass is 16.5. The molecule has 160 valence electrons. The molecule has 0 amide bonds. The van der Waals surface area contributed by atoms with Crippen molar-refractivity contribution in [2.24, 2.45) is 22.4 Å². The van der Waals surface area contributed by atoms with Crippen molar-refractivity contribution in [1.29, 1.82) is 0 Å². The molecule has 2 aromatic heterocycles. The monoisotopic (exact) mass is 416 g/mol. The van der Waals surface area contributed by atoms with Gasteiger partial charge in [-0.15, -0.1) is 0 Å². The molecular formula is C24H28N6O. The fourth-order valence-corrected chi connectivity index (χ4v) is 3.24. The number of nitrogens with two attached hydrogens (primary N) is 2. The number of aliphatic imine (C=N–C) groups is 1. The summed E-state index contributed by atoms with van der Waals surface area (Å²) in [7, 11) is 0. The number of nitrogens with zero attached hydrogens (tertiary/aromatic N) is 4. The largest absolute Gasteiger partial charge is 0.404 e. The van der Waals surface area contributed by atoms with Gasteiger partial charge in [-0.25, -0.2) is 4.99 Å². The number of benzene rings is 1. The molecule has 0 radical (unpaired) electrons. The van der Waals surface area contributed by atoms with Crippen LogP contribution in [0.2, 0.25) is 0 Å². The second-order valence-electron chi connectivity index (χ2n) is 7.92. The lowest BCUT2D eigenvalue weighted by Crippen LogP contribution is -2.31. The van der Waals surface area contributed by atoms with Crippen LogP contribution in [0, 0.1) is 12.8 Å². The van der Waals surface area contributed by atoms with Gasteiger partial charge in [-0.3, -0.25) is 4.98 Å². The van der Waals surface area contributed by atoms with Crippen LogP contribution in [0.4, 0.5) is 0 Å². The third kappa shape index (κ3) is 4.55. The molecule has 4 N–H and O–H groups in total. The third-order valence-electron chi connectivity index (χ3n) is 5.57. The maximum Gasteiger partial charge on any atom is 0.259 e. The van der Waals surface area contributed by atoms with Gasteiger partial charge in [0.05, 0.1) is 11.0 Å². The Morgan fingerprint density at radius 3 is 2.45 bits per heavy atom. The zero-order valence-electron chi connectivity index (χ0n) is 18.3. The van der Waals surface area contributed by atoms with Gasteiger partial charge in [0, 0.05) is 29.9 Å². The number of aryl methyl sites for hydroxylation is 1. The predicted molar refractivity (Wildman–Crippen MR) is 124 cm³/mol. The molecule has 7 nitrogen and oxygen atoms in total. The zero-order chi connectivity index (χ0) is 22.6. The van der Waals surface area contributed by atoms with Gasteiger partial charge in [0.25, 0.3) is 5.89 Å². The molecule has 0 spiro atoms. The van der Waals surface area contributed by atoms with Crippen LogP contribution in [-0.2, 0) is 5.41 Å². The molecule has 0 saturated heterocycles. The summed E-state index contributed by atoms with van der Waals surface area (Å²) in [6.45, 7) is 11.9. The molecule has 2 heterocycles. The van der Waals surface area contributed by atoms with Crippen molar-refractivity contribution >= 4 is 11.8 Å². The fraction of sp³-hybridized carbons (Fsp3) is 0.250. The highest BCUT2D eigenvalue weighted by Gasteiger charge is 2.37. The Bertz CT molecular complexity index is 1110. The number of hydrogen-bond donors (Lipinski definition) is 2. The molecule has 3 rings (SSSR count). The average molecular weight is 417 g/mol. The van der Waals surface area contributed by atoms with Crippen molar-refractivity contribution in [3.05, 3.63) is 83.8 Å². The van der Waals surface area contributed by atoms with E-state index in [-0.39, 0.29) is 11.7 Å². The van der Waals surface area contributed by atoms with E-state index >= 15 is 0 Å². The Morgan fingerprint density at radius 2 is 1.90 bits per heavy atom. The van der Waals surface area contributed by atoms with Crippen LogP contribution < -0.4 is 11.5 Å². The third-order valence-corrected chi connectivity index (χ3v) is 5.57. The first-order valence-corrected chi connectivity index (χ1v) is 10.0. The highest BCUT2D eigenvalue weighted by molar-refractivity contribution is 6.09. The Kier molecular flexibility index (Phi) is 6.34. The van der Waals surface area contributed by atoms with Gasteiger partial charge < -0.3 is 16.0 Å². The predicted octanol–water partition coefficient (Wildman–Crippen LogP) is 4.20. The topological polar surface area (TPSA) is 116 Å². The molecule has 7 heteroatoms. The van der Waals surface area contributed by atoms with E-state index in [4.69, 9.17) is 21.0 Å². The molecule has 0 aliphatic carbocycles. The summed E-state index contributed by atoms with van der Waals surface area (Å²) in [6.07, 6.45) is 4.83. The lowest BCUT2D eigenvalue weighted by molar-refractivity contribution is 0.350. The van der Waals surface area contributed by atoms with E-state index in [0.717, 1.165) is 28.0 Å². The lowest BCUT2D eigenvalue weighted by Gasteiger charge is -2.31. The standard InChI is InChI=1S/C24H28N6O/c1-15(2)24(5,23-29-22(31-30-23)19-7-6-16(3)27-13-19)21-10-8-18(9-11-21)20(12-25)14-28-17(4)26/h6-15H,4,25-26H2,1-3,5H3/b20-12+,28-14-. The van der Waals surface area contributed by atoms with E-state index in [9.17, 15) is 0 Å². The summed E-state index contributed by atoms with van der Waals surface area (Å²) in [5.74, 6) is 1.52. The lowest BCUT2D eigenvalue weighted by atomic mass is 9.72. The Hall–Kier alpha value is -3.74. The molecule has 3 aromatic rings. The normalized spacial score (nSPS) is 14.2. The van der Waals surface area contributed by atoms with Crippen LogP contribution >= 0.6 is 0 Å². The van der Waals surface area contributed by atoms with E-state index in [1.807, 2.05) is 43.3 Å². The molecule has 0 saturated carbocycles. The molecule has 1 aromatic carbocycles. The SMILES string of the molecule is C=C(N)/N=C\C(=C/N)c1ccc(C(C)(c2noc(-c3ccc(C)nc3)n2)C(C)C)cc1. The summed E-state index contributed by atoms with van der Waals surface area (Å²) in [5.41, 5.74) is 15.3. The second-order valence-corrected chi connectivity index (χ2v) is 7.92. The van der Waals surface area contributed by atoms with Crippen LogP contribution in [0.3, 0.4) is 0 Å². The number of allylic oxidation sites excluding steroid dienone is 1. The van der Waals surface area contributed by atoms with Crippen molar-refractivity contribution in [2.75, 3.05) is 0 Å². The van der Waals surface area contributed by atoms with Gasteiger partial charge in [-0.05, 0) is 43.0 Å². The minimum atomic E-state index is -0.454. The van der Waals surface area contributed by atoms with E-state index in [1.54, 1.807) is 12.4 Å². The van der Waals surface area contributed by atoms with Gasteiger partial charge in [0.15, 0.2) is 5.82 Å². The van der Waals surface area contributed by atoms with Crippen molar-refractivity contribution in [3.63, 3.8) is 0 Å². The fourth-order valence-electron chi connectivity index (χ4n) is 3.24. The van der Waals surface area contributed by atoms with Gasteiger partial charge in [-0.2, -0.15) is 4.98 Å². The van der Waals surface area contributed by atoms with Gasteiger partial charge in [0.1, 0.15) is 5.82 Å². The maximum absolute atomic E-state index is 5.76. The molecular weight excluding hydrogens is 388 g/mol. The van der Waals surface area contributed by atoms with Crippen LogP contribution in [-0.4, -0.2) is 21.3 Å². The summed E-state index contributed by atoms with van der Waals surface area (Å²) >= 11 is 0. The summed E-state index contributed by atoms with van der Waals surface area (Å²) in [4.78, 5) is 13.1. The summed E-state index contributed by atoms with van der Waals surface area (Å²) in [5, 5.41) is 4.32. The number of rotatable bonds is 7. The van der Waals surface area contributed by atoms with E-state index < -0.39 is 5.41 Å². The number of pyridine rings is 1. The minimum absolute atomic E-state index is 0.214. The van der Waals surface area contributed by atoms with Gasteiger partial charge in [0.2, 0.25) is 0 Å². The molecule has 0 aliphatic rings. The first-order chi connectivity index (χ1) is 14.8. The molecule has 0 aliphatic heterocycles. The highest BCUT2D eigenvalue weighted by Crippen LogP contribution is 2.38. The van der Waals surface area contributed by atoms with Gasteiger partial charge in [-0.1, -0.05) is 49.8 Å². The molecule has 31 heavy (non-hydrogen) atoms. The second kappa shape index (κ2) is 8.95. The van der Waals surface area contributed by atoms with E-state index in [1.165, 1.54) is 6.20 Å². The Labute approximate surface area is 182 Å². The molecule has 1 atom stereocenters. The van der Waals surface area contributed by atoms with E-state index in [0.29, 0.717) is 11.7 Å². The van der Waals surface area contributed by atoms with Crippen LogP contribution in [0.5, 0.6) is 0 Å². The zero-order valence-corrected chi connectivity index (χ0v) is 18.3. The summed E-state index contributed by atoms with van der Waals surface area (Å²) in [6, 6.07) is 11.9. The first kappa shape index (κ1) is 22.0. The van der Waals surface area contributed by atoms with Gasteiger partial charge >= 0.3 is 0 Å².